The summed E-state index contributed by atoms with van der Waals surface area (Å²) in [6, 6.07) is 0. The van der Waals surface area contributed by atoms with Gasteiger partial charge in [0, 0.05) is 13.1 Å². The zero-order chi connectivity index (χ0) is 28.1. The molecule has 4 nitrogen and oxygen atoms in total. The average Bonchev–Trinajstić information content (AvgIpc) is 2.88. The summed E-state index contributed by atoms with van der Waals surface area (Å²) in [5.74, 6) is 0. The molecular weight excluding hydrogens is 468 g/mol. The first-order chi connectivity index (χ1) is 18.5. The SMILES string of the molecule is CCCCCCCCCCCC(O)CN(C)CCCCCCN(C)CC(O)CCCCCCCCCCC. The Bertz CT molecular complexity index is 408. The largest absolute Gasteiger partial charge is 0.392 e. The fourth-order valence-electron chi connectivity index (χ4n) is 5.58. The molecule has 0 aromatic heterocycles. The molecule has 230 valence electrons. The third-order valence-corrected chi connectivity index (χ3v) is 8.16. The molecule has 2 unspecified atom stereocenters. The number of unbranched alkanes of at least 4 members (excludes halogenated alkanes) is 19. The third-order valence-electron chi connectivity index (χ3n) is 8.16. The lowest BCUT2D eigenvalue weighted by atomic mass is 10.0. The summed E-state index contributed by atoms with van der Waals surface area (Å²) < 4.78 is 0. The van der Waals surface area contributed by atoms with Crippen molar-refractivity contribution < 1.29 is 10.2 Å². The van der Waals surface area contributed by atoms with E-state index in [0.717, 1.165) is 39.0 Å². The number of aliphatic hydroxyl groups excluding tert-OH is 2. The van der Waals surface area contributed by atoms with Crippen LogP contribution in [0, 0.1) is 0 Å². The molecule has 0 aliphatic carbocycles. The molecule has 0 bridgehead atoms. The van der Waals surface area contributed by atoms with Crippen molar-refractivity contribution in [3.05, 3.63) is 0 Å². The van der Waals surface area contributed by atoms with Crippen LogP contribution in [0.5, 0.6) is 0 Å². The summed E-state index contributed by atoms with van der Waals surface area (Å²) in [5.41, 5.74) is 0. The van der Waals surface area contributed by atoms with Gasteiger partial charge in [-0.25, -0.2) is 0 Å². The van der Waals surface area contributed by atoms with Gasteiger partial charge in [-0.05, 0) is 52.9 Å². The maximum absolute atomic E-state index is 10.4. The molecule has 0 heterocycles. The number of nitrogens with zero attached hydrogens (tertiary/aromatic N) is 2. The zero-order valence-corrected chi connectivity index (χ0v) is 26.7. The molecule has 2 atom stereocenters. The maximum Gasteiger partial charge on any atom is 0.0667 e. The molecule has 0 rings (SSSR count). The van der Waals surface area contributed by atoms with Crippen LogP contribution in [-0.2, 0) is 0 Å². The molecule has 0 spiro atoms. The van der Waals surface area contributed by atoms with Crippen molar-refractivity contribution in [3.8, 4) is 0 Å². The van der Waals surface area contributed by atoms with E-state index in [1.54, 1.807) is 0 Å². The van der Waals surface area contributed by atoms with E-state index in [4.69, 9.17) is 0 Å². The highest BCUT2D eigenvalue weighted by atomic mass is 16.3. The first-order valence-electron chi connectivity index (χ1n) is 17.2. The van der Waals surface area contributed by atoms with Crippen molar-refractivity contribution in [2.75, 3.05) is 40.3 Å². The zero-order valence-electron chi connectivity index (χ0n) is 26.7. The van der Waals surface area contributed by atoms with E-state index in [9.17, 15) is 10.2 Å². The second kappa shape index (κ2) is 29.8. The third kappa shape index (κ3) is 28.8. The van der Waals surface area contributed by atoms with Crippen LogP contribution < -0.4 is 0 Å². The molecule has 0 amide bonds. The maximum atomic E-state index is 10.4. The number of likely N-dealkylation sites (N-methyl/N-ethyl adjacent to an activating group) is 2. The number of hydrogen-bond donors (Lipinski definition) is 2. The molecule has 0 saturated carbocycles. The van der Waals surface area contributed by atoms with Crippen molar-refractivity contribution in [1.82, 2.24) is 9.80 Å². The van der Waals surface area contributed by atoms with Crippen molar-refractivity contribution >= 4 is 0 Å². The van der Waals surface area contributed by atoms with Gasteiger partial charge in [-0.15, -0.1) is 0 Å². The van der Waals surface area contributed by atoms with Crippen LogP contribution in [0.4, 0.5) is 0 Å². The van der Waals surface area contributed by atoms with Gasteiger partial charge in [0.05, 0.1) is 12.2 Å². The highest BCUT2D eigenvalue weighted by molar-refractivity contribution is 4.64. The molecule has 0 aliphatic heterocycles. The Morgan fingerprint density at radius 3 is 0.974 bits per heavy atom. The van der Waals surface area contributed by atoms with Crippen LogP contribution >= 0.6 is 0 Å². The highest BCUT2D eigenvalue weighted by Crippen LogP contribution is 2.13. The van der Waals surface area contributed by atoms with Gasteiger partial charge in [0.2, 0.25) is 0 Å². The smallest absolute Gasteiger partial charge is 0.0667 e. The molecule has 0 radical (unpaired) electrons. The van der Waals surface area contributed by atoms with Gasteiger partial charge in [-0.3, -0.25) is 0 Å². The van der Waals surface area contributed by atoms with Gasteiger partial charge in [0.1, 0.15) is 0 Å². The van der Waals surface area contributed by atoms with Gasteiger partial charge >= 0.3 is 0 Å². The van der Waals surface area contributed by atoms with E-state index in [1.807, 2.05) is 0 Å². The summed E-state index contributed by atoms with van der Waals surface area (Å²) in [5, 5.41) is 20.7. The summed E-state index contributed by atoms with van der Waals surface area (Å²) in [4.78, 5) is 4.63. The first-order valence-corrected chi connectivity index (χ1v) is 17.2. The van der Waals surface area contributed by atoms with Gasteiger partial charge in [-0.1, -0.05) is 142 Å². The van der Waals surface area contributed by atoms with Crippen LogP contribution in [0.1, 0.15) is 168 Å². The molecule has 4 heteroatoms. The Morgan fingerprint density at radius 2 is 0.658 bits per heavy atom. The van der Waals surface area contributed by atoms with Gasteiger partial charge in [0.15, 0.2) is 0 Å². The second-order valence-corrected chi connectivity index (χ2v) is 12.5. The molecule has 38 heavy (non-hydrogen) atoms. The van der Waals surface area contributed by atoms with E-state index in [1.165, 1.54) is 141 Å². The average molecular weight is 541 g/mol. The van der Waals surface area contributed by atoms with E-state index in [0.29, 0.717) is 0 Å². The monoisotopic (exact) mass is 541 g/mol. The Balaban J connectivity index is 3.48. The normalized spacial score (nSPS) is 13.6. The van der Waals surface area contributed by atoms with Crippen molar-refractivity contribution in [2.45, 2.75) is 180 Å². The lowest BCUT2D eigenvalue weighted by Gasteiger charge is -2.21. The number of hydrogen-bond acceptors (Lipinski definition) is 4. The molecule has 0 aliphatic rings. The van der Waals surface area contributed by atoms with Gasteiger partial charge < -0.3 is 20.0 Å². The molecule has 0 aromatic carbocycles. The van der Waals surface area contributed by atoms with Crippen molar-refractivity contribution in [2.24, 2.45) is 0 Å². The molecule has 0 aromatic rings. The lowest BCUT2D eigenvalue weighted by molar-refractivity contribution is 0.112. The van der Waals surface area contributed by atoms with E-state index < -0.39 is 0 Å². The first kappa shape index (κ1) is 37.8. The van der Waals surface area contributed by atoms with Crippen LogP contribution in [0.15, 0.2) is 0 Å². The number of rotatable bonds is 31. The summed E-state index contributed by atoms with van der Waals surface area (Å²) in [7, 11) is 4.31. The van der Waals surface area contributed by atoms with Crippen LogP contribution in [-0.4, -0.2) is 72.5 Å². The number of aliphatic hydroxyl groups is 2. The molecule has 0 fully saturated rings. The minimum Gasteiger partial charge on any atom is -0.392 e. The van der Waals surface area contributed by atoms with Gasteiger partial charge in [0.25, 0.3) is 0 Å². The standard InChI is InChI=1S/C34H72N2O2/c1-5-7-9-11-13-15-17-19-23-27-33(37)31-35(3)29-25-21-22-26-30-36(4)32-34(38)28-24-20-18-16-14-12-10-8-6-2/h33-34,37-38H,5-32H2,1-4H3. The minimum absolute atomic E-state index is 0.166. The predicted octanol–water partition coefficient (Wildman–Crippen LogP) is 8.97. The lowest BCUT2D eigenvalue weighted by Crippen LogP contribution is -2.30. The summed E-state index contributed by atoms with van der Waals surface area (Å²) in [6.07, 6.45) is 30.7. The van der Waals surface area contributed by atoms with Crippen molar-refractivity contribution in [1.29, 1.82) is 0 Å². The van der Waals surface area contributed by atoms with Gasteiger partial charge in [-0.2, -0.15) is 0 Å². The summed E-state index contributed by atoms with van der Waals surface area (Å²) >= 11 is 0. The fraction of sp³-hybridized carbons (Fsp3) is 1.00. The quantitative estimate of drug-likeness (QED) is 0.0861. The van der Waals surface area contributed by atoms with E-state index in [-0.39, 0.29) is 12.2 Å². The topological polar surface area (TPSA) is 46.9 Å². The van der Waals surface area contributed by atoms with Crippen LogP contribution in [0.25, 0.3) is 0 Å². The molecular formula is C34H72N2O2. The molecule has 0 saturated heterocycles. The second-order valence-electron chi connectivity index (χ2n) is 12.5. The van der Waals surface area contributed by atoms with Crippen LogP contribution in [0.2, 0.25) is 0 Å². The Morgan fingerprint density at radius 1 is 0.395 bits per heavy atom. The van der Waals surface area contributed by atoms with E-state index in [2.05, 4.69) is 37.7 Å². The Labute approximate surface area is 240 Å². The minimum atomic E-state index is -0.166. The van der Waals surface area contributed by atoms with Crippen LogP contribution in [0.3, 0.4) is 0 Å². The Hall–Kier alpha value is -0.160. The summed E-state index contributed by atoms with van der Waals surface area (Å²) in [6.45, 7) is 8.35. The van der Waals surface area contributed by atoms with E-state index >= 15 is 0 Å². The fourth-order valence-corrected chi connectivity index (χ4v) is 5.58. The highest BCUT2D eigenvalue weighted by Gasteiger charge is 2.09. The predicted molar refractivity (Wildman–Crippen MR) is 169 cm³/mol. The molecule has 2 N–H and O–H groups in total. The van der Waals surface area contributed by atoms with Crippen molar-refractivity contribution in [3.63, 3.8) is 0 Å². The Kier molecular flexibility index (Phi) is 29.7.